The van der Waals surface area contributed by atoms with Gasteiger partial charge in [0.05, 0.1) is 11.7 Å². The van der Waals surface area contributed by atoms with Crippen LogP contribution in [0.3, 0.4) is 0 Å². The molecular weight excluding hydrogens is 278 g/mol. The Morgan fingerprint density at radius 2 is 2.25 bits per heavy atom. The maximum absolute atomic E-state index is 6.23. The van der Waals surface area contributed by atoms with Crippen molar-refractivity contribution >= 4 is 12.4 Å². The van der Waals surface area contributed by atoms with Crippen molar-refractivity contribution in [3.63, 3.8) is 0 Å². The highest BCUT2D eigenvalue weighted by molar-refractivity contribution is 5.85. The average Bonchev–Trinajstić information content (AvgIpc) is 3.03. The quantitative estimate of drug-likeness (QED) is 0.881. The largest absolute Gasteiger partial charge is 0.339 e. The number of hydrogen-bond acceptors (Lipinski definition) is 5. The normalized spacial score (nSPS) is 23.6. The van der Waals surface area contributed by atoms with Crippen LogP contribution < -0.4 is 5.73 Å². The molecule has 1 fully saturated rings. The van der Waals surface area contributed by atoms with Gasteiger partial charge >= 0.3 is 0 Å². The summed E-state index contributed by atoms with van der Waals surface area (Å²) >= 11 is 0. The Balaban J connectivity index is 0.00000121. The second-order valence-corrected chi connectivity index (χ2v) is 5.78. The summed E-state index contributed by atoms with van der Waals surface area (Å²) < 4.78 is 5.44. The van der Waals surface area contributed by atoms with Gasteiger partial charge in [-0.3, -0.25) is 5.10 Å². The summed E-state index contributed by atoms with van der Waals surface area (Å²) in [6.45, 7) is 0. The van der Waals surface area contributed by atoms with Crippen molar-refractivity contribution in [3.8, 4) is 0 Å². The smallest absolute Gasteiger partial charge is 0.230 e. The first-order chi connectivity index (χ1) is 9.24. The third-order valence-electron chi connectivity index (χ3n) is 4.50. The number of nitrogens with one attached hydrogen (secondary N) is 1. The molecule has 0 amide bonds. The van der Waals surface area contributed by atoms with Gasteiger partial charge in [-0.05, 0) is 37.7 Å². The summed E-state index contributed by atoms with van der Waals surface area (Å²) in [5.74, 6) is 1.70. The van der Waals surface area contributed by atoms with E-state index < -0.39 is 0 Å². The molecule has 4 rings (SSSR count). The Labute approximate surface area is 122 Å². The molecule has 0 radical (unpaired) electrons. The maximum atomic E-state index is 6.23. The number of hydrogen-bond donors (Lipinski definition) is 2. The Kier molecular flexibility index (Phi) is 3.30. The van der Waals surface area contributed by atoms with Crippen molar-refractivity contribution in [1.82, 2.24) is 20.3 Å². The van der Waals surface area contributed by atoms with Crippen molar-refractivity contribution in [2.75, 3.05) is 0 Å². The van der Waals surface area contributed by atoms with Crippen molar-refractivity contribution in [3.05, 3.63) is 29.2 Å². The number of halogens is 1. The number of aromatic amines is 1. The molecule has 108 valence electrons. The molecule has 2 aliphatic carbocycles. The van der Waals surface area contributed by atoms with Crippen LogP contribution >= 0.6 is 12.4 Å². The predicted octanol–water partition coefficient (Wildman–Crippen LogP) is 1.82. The number of fused-ring (bicyclic) bond motifs is 1. The van der Waals surface area contributed by atoms with Crippen LogP contribution in [0.15, 0.2) is 10.7 Å². The monoisotopic (exact) mass is 295 g/mol. The Hall–Kier alpha value is -1.40. The third-order valence-corrected chi connectivity index (χ3v) is 4.50. The number of aromatic nitrogens is 4. The molecule has 6 nitrogen and oxygen atoms in total. The van der Waals surface area contributed by atoms with E-state index >= 15 is 0 Å². The van der Waals surface area contributed by atoms with E-state index in [2.05, 4.69) is 20.3 Å². The lowest BCUT2D eigenvalue weighted by Gasteiger charge is -2.34. The summed E-state index contributed by atoms with van der Waals surface area (Å²) in [7, 11) is 0. The summed E-state index contributed by atoms with van der Waals surface area (Å²) in [6.07, 6.45) is 7.93. The fourth-order valence-corrected chi connectivity index (χ4v) is 3.00. The van der Waals surface area contributed by atoms with Crippen LogP contribution in [0.5, 0.6) is 0 Å². The zero-order valence-electron chi connectivity index (χ0n) is 11.1. The van der Waals surface area contributed by atoms with Crippen LogP contribution in [0.1, 0.15) is 54.6 Å². The fourth-order valence-electron chi connectivity index (χ4n) is 3.00. The summed E-state index contributed by atoms with van der Waals surface area (Å²) in [5.41, 5.74) is 8.39. The van der Waals surface area contributed by atoms with E-state index in [0.29, 0.717) is 5.82 Å². The zero-order chi connectivity index (χ0) is 12.9. The number of nitrogens with zero attached hydrogens (tertiary/aromatic N) is 3. The van der Waals surface area contributed by atoms with E-state index in [0.717, 1.165) is 44.4 Å². The van der Waals surface area contributed by atoms with E-state index in [9.17, 15) is 0 Å². The molecule has 0 bridgehead atoms. The molecule has 2 heterocycles. The molecule has 3 N–H and O–H groups in total. The molecule has 1 saturated carbocycles. The van der Waals surface area contributed by atoms with Crippen molar-refractivity contribution in [2.24, 2.45) is 5.73 Å². The van der Waals surface area contributed by atoms with Crippen molar-refractivity contribution in [1.29, 1.82) is 0 Å². The molecule has 0 spiro atoms. The summed E-state index contributed by atoms with van der Waals surface area (Å²) in [6, 6.07) is 0. The molecule has 2 aromatic rings. The molecular formula is C13H18ClN5O. The highest BCUT2D eigenvalue weighted by Crippen LogP contribution is 2.38. The molecule has 2 aromatic heterocycles. The van der Waals surface area contributed by atoms with Gasteiger partial charge in [-0.2, -0.15) is 10.1 Å². The summed E-state index contributed by atoms with van der Waals surface area (Å²) in [4.78, 5) is 4.55. The van der Waals surface area contributed by atoms with E-state index in [1.165, 1.54) is 11.3 Å². The van der Waals surface area contributed by atoms with E-state index in [-0.39, 0.29) is 23.9 Å². The molecule has 0 aromatic carbocycles. The van der Waals surface area contributed by atoms with E-state index in [1.807, 2.05) is 6.20 Å². The lowest BCUT2D eigenvalue weighted by molar-refractivity contribution is 0.228. The first kappa shape index (κ1) is 13.6. The van der Waals surface area contributed by atoms with Gasteiger partial charge in [0, 0.05) is 18.0 Å². The molecule has 2 aliphatic rings. The number of aryl methyl sites for hydroxylation is 1. The van der Waals surface area contributed by atoms with Gasteiger partial charge in [-0.15, -0.1) is 12.4 Å². The van der Waals surface area contributed by atoms with Gasteiger partial charge in [0.15, 0.2) is 5.82 Å². The van der Waals surface area contributed by atoms with Crippen LogP contribution in [0.2, 0.25) is 0 Å². The van der Waals surface area contributed by atoms with Crippen LogP contribution in [-0.4, -0.2) is 20.3 Å². The maximum Gasteiger partial charge on any atom is 0.230 e. The number of rotatable bonds is 2. The van der Waals surface area contributed by atoms with E-state index in [4.69, 9.17) is 10.3 Å². The second kappa shape index (κ2) is 4.86. The van der Waals surface area contributed by atoms with Gasteiger partial charge < -0.3 is 10.3 Å². The highest BCUT2D eigenvalue weighted by atomic mass is 35.5. The highest BCUT2D eigenvalue weighted by Gasteiger charge is 2.39. The predicted molar refractivity (Wildman–Crippen MR) is 74.6 cm³/mol. The number of H-pyrrole nitrogens is 1. The van der Waals surface area contributed by atoms with Crippen LogP contribution in [0.4, 0.5) is 0 Å². The molecule has 0 aliphatic heterocycles. The van der Waals surface area contributed by atoms with Gasteiger partial charge in [-0.1, -0.05) is 5.16 Å². The topological polar surface area (TPSA) is 93.6 Å². The molecule has 20 heavy (non-hydrogen) atoms. The zero-order valence-corrected chi connectivity index (χ0v) is 11.9. The van der Waals surface area contributed by atoms with Crippen molar-refractivity contribution < 1.29 is 4.52 Å². The SMILES string of the molecule is Cl.NC1(c2noc(C3CCc4cn[nH]c4C3)n2)CCC1. The molecule has 1 atom stereocenters. The fraction of sp³-hybridized carbons (Fsp3) is 0.615. The van der Waals surface area contributed by atoms with Gasteiger partial charge in [-0.25, -0.2) is 0 Å². The molecule has 1 unspecified atom stereocenters. The van der Waals surface area contributed by atoms with Crippen LogP contribution in [0, 0.1) is 0 Å². The lowest BCUT2D eigenvalue weighted by atomic mass is 9.77. The van der Waals surface area contributed by atoms with Crippen molar-refractivity contribution in [2.45, 2.75) is 50.0 Å². The summed E-state index contributed by atoms with van der Waals surface area (Å²) in [5, 5.41) is 11.2. The minimum Gasteiger partial charge on any atom is -0.339 e. The van der Waals surface area contributed by atoms with Gasteiger partial charge in [0.25, 0.3) is 0 Å². The number of nitrogens with two attached hydrogens (primary N) is 1. The van der Waals surface area contributed by atoms with Gasteiger partial charge in [0.2, 0.25) is 5.89 Å². The first-order valence-corrected chi connectivity index (χ1v) is 6.89. The second-order valence-electron chi connectivity index (χ2n) is 5.78. The van der Waals surface area contributed by atoms with Crippen LogP contribution in [0.25, 0.3) is 0 Å². The van der Waals surface area contributed by atoms with E-state index in [1.54, 1.807) is 0 Å². The minimum absolute atomic E-state index is 0. The average molecular weight is 296 g/mol. The lowest BCUT2D eigenvalue weighted by Crippen LogP contribution is -2.44. The third kappa shape index (κ3) is 2.03. The first-order valence-electron chi connectivity index (χ1n) is 6.89. The Morgan fingerprint density at radius 1 is 1.40 bits per heavy atom. The Bertz CT molecular complexity index is 603. The molecule has 0 saturated heterocycles. The Morgan fingerprint density at radius 3 is 3.00 bits per heavy atom. The molecule has 7 heteroatoms. The van der Waals surface area contributed by atoms with Gasteiger partial charge in [0.1, 0.15) is 0 Å². The standard InChI is InChI=1S/C13H17N5O.ClH/c14-13(4-1-5-13)12-16-11(19-18-12)8-2-3-9-7-15-17-10(9)6-8;/h7-8H,1-6,14H2,(H,15,17);1H. The van der Waals surface area contributed by atoms with Crippen LogP contribution in [-0.2, 0) is 18.4 Å². The minimum atomic E-state index is -0.338.